The van der Waals surface area contributed by atoms with E-state index in [1.54, 1.807) is 12.3 Å². The number of nitrogens with one attached hydrogen (secondary N) is 1. The second-order valence-electron chi connectivity index (χ2n) is 3.90. The van der Waals surface area contributed by atoms with Gasteiger partial charge in [-0.2, -0.15) is 0 Å². The Morgan fingerprint density at radius 1 is 1.33 bits per heavy atom. The van der Waals surface area contributed by atoms with E-state index in [2.05, 4.69) is 5.32 Å². The molecule has 0 fully saturated rings. The van der Waals surface area contributed by atoms with Crippen molar-refractivity contribution in [2.24, 2.45) is 0 Å². The first-order chi connectivity index (χ1) is 8.72. The highest BCUT2D eigenvalue weighted by atomic mass is 16.5. The summed E-state index contributed by atoms with van der Waals surface area (Å²) < 4.78 is 9.98. The Hall–Kier alpha value is -2.23. The van der Waals surface area contributed by atoms with E-state index in [1.807, 2.05) is 31.2 Å². The van der Waals surface area contributed by atoms with E-state index in [0.717, 1.165) is 17.0 Å². The summed E-state index contributed by atoms with van der Waals surface area (Å²) >= 11 is 0. The average molecular weight is 245 g/mol. The molecule has 1 aromatic carbocycles. The predicted octanol–water partition coefficient (Wildman–Crippen LogP) is 2.99. The Morgan fingerprint density at radius 3 is 2.83 bits per heavy atom. The van der Waals surface area contributed by atoms with Crippen LogP contribution in [0.2, 0.25) is 0 Å². The van der Waals surface area contributed by atoms with Gasteiger partial charge in [0, 0.05) is 5.69 Å². The molecule has 4 heteroatoms. The average Bonchev–Trinajstić information content (AvgIpc) is 2.90. The highest BCUT2D eigenvalue weighted by molar-refractivity contribution is 5.92. The number of rotatable bonds is 4. The Balaban J connectivity index is 2.16. The zero-order valence-electron chi connectivity index (χ0n) is 10.4. The highest BCUT2D eigenvalue weighted by Crippen LogP contribution is 2.20. The van der Waals surface area contributed by atoms with Crippen LogP contribution in [-0.4, -0.2) is 13.1 Å². The summed E-state index contributed by atoms with van der Waals surface area (Å²) in [5, 5.41) is 3.23. The summed E-state index contributed by atoms with van der Waals surface area (Å²) in [5.41, 5.74) is 2.34. The van der Waals surface area contributed by atoms with E-state index in [1.165, 1.54) is 7.11 Å². The third-order valence-electron chi connectivity index (χ3n) is 2.77. The van der Waals surface area contributed by atoms with Crippen molar-refractivity contribution in [2.45, 2.75) is 13.5 Å². The van der Waals surface area contributed by atoms with Crippen LogP contribution in [0.5, 0.6) is 0 Å². The van der Waals surface area contributed by atoms with Gasteiger partial charge in [-0.3, -0.25) is 0 Å². The van der Waals surface area contributed by atoms with Crippen molar-refractivity contribution >= 4 is 11.7 Å². The number of benzene rings is 1. The molecule has 0 aliphatic rings. The number of carbonyl (C=O) groups is 1. The molecule has 94 valence electrons. The van der Waals surface area contributed by atoms with Crippen molar-refractivity contribution in [1.82, 2.24) is 0 Å². The van der Waals surface area contributed by atoms with E-state index < -0.39 is 0 Å². The Bertz CT molecular complexity index is 532. The summed E-state index contributed by atoms with van der Waals surface area (Å²) in [5.74, 6) is 0.520. The quantitative estimate of drug-likeness (QED) is 0.841. The molecule has 2 aromatic rings. The summed E-state index contributed by atoms with van der Waals surface area (Å²) in [7, 11) is 1.38. The highest BCUT2D eigenvalue weighted by Gasteiger charge is 2.11. The van der Waals surface area contributed by atoms with E-state index >= 15 is 0 Å². The third kappa shape index (κ3) is 2.53. The molecular weight excluding hydrogens is 230 g/mol. The lowest BCUT2D eigenvalue weighted by molar-refractivity contribution is 0.0600. The smallest absolute Gasteiger partial charge is 0.338 e. The maximum Gasteiger partial charge on any atom is 0.338 e. The standard InChI is InChI=1S/C14H15NO3/c1-10-12(14(16)17-2)6-3-7-13(10)15-9-11-5-4-8-18-11/h3-8,15H,9H2,1-2H3. The van der Waals surface area contributed by atoms with Crippen LogP contribution in [0.1, 0.15) is 21.7 Å². The van der Waals surface area contributed by atoms with Gasteiger partial charge in [-0.15, -0.1) is 0 Å². The van der Waals surface area contributed by atoms with Crippen molar-refractivity contribution in [1.29, 1.82) is 0 Å². The van der Waals surface area contributed by atoms with Crippen molar-refractivity contribution in [3.05, 3.63) is 53.5 Å². The zero-order valence-corrected chi connectivity index (χ0v) is 10.4. The predicted molar refractivity (Wildman–Crippen MR) is 68.6 cm³/mol. The topological polar surface area (TPSA) is 51.5 Å². The molecule has 2 rings (SSSR count). The van der Waals surface area contributed by atoms with Gasteiger partial charge < -0.3 is 14.5 Å². The molecule has 0 unspecified atom stereocenters. The third-order valence-corrected chi connectivity index (χ3v) is 2.77. The fraction of sp³-hybridized carbons (Fsp3) is 0.214. The Labute approximate surface area is 106 Å². The molecule has 0 atom stereocenters. The van der Waals surface area contributed by atoms with Gasteiger partial charge in [-0.1, -0.05) is 6.07 Å². The van der Waals surface area contributed by atoms with Gasteiger partial charge in [0.2, 0.25) is 0 Å². The van der Waals surface area contributed by atoms with Gasteiger partial charge in [0.25, 0.3) is 0 Å². The summed E-state index contributed by atoms with van der Waals surface area (Å²) in [6.45, 7) is 2.47. The van der Waals surface area contributed by atoms with Gasteiger partial charge >= 0.3 is 5.97 Å². The number of hydrogen-bond donors (Lipinski definition) is 1. The summed E-state index contributed by atoms with van der Waals surface area (Å²) in [6, 6.07) is 9.23. The van der Waals surface area contributed by atoms with Crippen LogP contribution in [0.15, 0.2) is 41.0 Å². The molecular formula is C14H15NO3. The molecule has 1 aromatic heterocycles. The van der Waals surface area contributed by atoms with Crippen molar-refractivity contribution in [2.75, 3.05) is 12.4 Å². The molecule has 0 radical (unpaired) electrons. The monoisotopic (exact) mass is 245 g/mol. The van der Waals surface area contributed by atoms with Crippen LogP contribution in [-0.2, 0) is 11.3 Å². The maximum atomic E-state index is 11.6. The summed E-state index contributed by atoms with van der Waals surface area (Å²) in [4.78, 5) is 11.6. The van der Waals surface area contributed by atoms with Crippen molar-refractivity contribution in [3.63, 3.8) is 0 Å². The summed E-state index contributed by atoms with van der Waals surface area (Å²) in [6.07, 6.45) is 1.63. The lowest BCUT2D eigenvalue weighted by Gasteiger charge is -2.11. The fourth-order valence-corrected chi connectivity index (χ4v) is 1.75. The first-order valence-corrected chi connectivity index (χ1v) is 5.66. The number of carbonyl (C=O) groups excluding carboxylic acids is 1. The van der Waals surface area contributed by atoms with E-state index in [4.69, 9.17) is 9.15 Å². The first kappa shape index (κ1) is 12.2. The zero-order chi connectivity index (χ0) is 13.0. The van der Waals surface area contributed by atoms with E-state index in [0.29, 0.717) is 12.1 Å². The van der Waals surface area contributed by atoms with Gasteiger partial charge in [-0.05, 0) is 36.8 Å². The Kier molecular flexibility index (Phi) is 3.67. The molecule has 0 amide bonds. The molecule has 18 heavy (non-hydrogen) atoms. The number of esters is 1. The maximum absolute atomic E-state index is 11.6. The molecule has 0 saturated carbocycles. The van der Waals surface area contributed by atoms with Gasteiger partial charge in [0.1, 0.15) is 5.76 Å². The minimum Gasteiger partial charge on any atom is -0.467 e. The minimum absolute atomic E-state index is 0.325. The van der Waals surface area contributed by atoms with Crippen LogP contribution in [0, 0.1) is 6.92 Å². The lowest BCUT2D eigenvalue weighted by Crippen LogP contribution is -2.07. The number of methoxy groups -OCH3 is 1. The fourth-order valence-electron chi connectivity index (χ4n) is 1.75. The molecule has 4 nitrogen and oxygen atoms in total. The van der Waals surface area contributed by atoms with Gasteiger partial charge in [0.05, 0.1) is 25.5 Å². The van der Waals surface area contributed by atoms with Crippen LogP contribution in [0.4, 0.5) is 5.69 Å². The lowest BCUT2D eigenvalue weighted by atomic mass is 10.1. The second-order valence-corrected chi connectivity index (χ2v) is 3.90. The van der Waals surface area contributed by atoms with Crippen molar-refractivity contribution in [3.8, 4) is 0 Å². The molecule has 0 spiro atoms. The van der Waals surface area contributed by atoms with Crippen LogP contribution in [0.25, 0.3) is 0 Å². The molecule has 0 saturated heterocycles. The number of anilines is 1. The normalized spacial score (nSPS) is 10.1. The second kappa shape index (κ2) is 5.40. The van der Waals surface area contributed by atoms with Crippen LogP contribution < -0.4 is 5.32 Å². The molecule has 1 N–H and O–H groups in total. The molecule has 1 heterocycles. The minimum atomic E-state index is -0.325. The SMILES string of the molecule is COC(=O)c1cccc(NCc2ccco2)c1C. The molecule has 0 aliphatic carbocycles. The van der Waals surface area contributed by atoms with Gasteiger partial charge in [-0.25, -0.2) is 4.79 Å². The molecule has 0 aliphatic heterocycles. The molecule has 0 bridgehead atoms. The number of hydrogen-bond acceptors (Lipinski definition) is 4. The Morgan fingerprint density at radius 2 is 2.17 bits per heavy atom. The number of furan rings is 1. The van der Waals surface area contributed by atoms with Gasteiger partial charge in [0.15, 0.2) is 0 Å². The van der Waals surface area contributed by atoms with Crippen molar-refractivity contribution < 1.29 is 13.9 Å². The first-order valence-electron chi connectivity index (χ1n) is 5.66. The largest absolute Gasteiger partial charge is 0.467 e. The van der Waals surface area contributed by atoms with E-state index in [9.17, 15) is 4.79 Å². The number of ether oxygens (including phenoxy) is 1. The van der Waals surface area contributed by atoms with Crippen LogP contribution in [0.3, 0.4) is 0 Å². The van der Waals surface area contributed by atoms with E-state index in [-0.39, 0.29) is 5.97 Å². The van der Waals surface area contributed by atoms with Crippen LogP contribution >= 0.6 is 0 Å².